The molecule has 0 N–H and O–H groups in total. The average molecular weight is 336 g/mol. The highest BCUT2D eigenvalue weighted by Gasteiger charge is 2.48. The summed E-state index contributed by atoms with van der Waals surface area (Å²) in [5.74, 6) is -0.178. The zero-order chi connectivity index (χ0) is 14.1. The minimum absolute atomic E-state index is 0.159. The Morgan fingerprint density at radius 1 is 1.11 bits per heavy atom. The van der Waals surface area contributed by atoms with Crippen LogP contribution in [0.4, 0.5) is 0 Å². The van der Waals surface area contributed by atoms with Gasteiger partial charge in [-0.05, 0) is 18.1 Å². The van der Waals surface area contributed by atoms with Crippen molar-refractivity contribution in [2.75, 3.05) is 0 Å². The molecule has 0 amide bonds. The smallest absolute Gasteiger partial charge is 0.145 e. The van der Waals surface area contributed by atoms with E-state index < -0.39 is 5.41 Å². The van der Waals surface area contributed by atoms with Crippen LogP contribution < -0.4 is 0 Å². The van der Waals surface area contributed by atoms with Gasteiger partial charge in [0.1, 0.15) is 5.78 Å². The third-order valence-electron chi connectivity index (χ3n) is 4.03. The molecule has 0 fully saturated rings. The number of ketones is 1. The van der Waals surface area contributed by atoms with Gasteiger partial charge in [0.15, 0.2) is 0 Å². The molecular weight excluding hydrogens is 326 g/mol. The molecule has 2 unspecified atom stereocenters. The molecule has 3 aliphatic rings. The van der Waals surface area contributed by atoms with Gasteiger partial charge >= 0.3 is 0 Å². The summed E-state index contributed by atoms with van der Waals surface area (Å²) < 4.78 is 0. The second kappa shape index (κ2) is 4.14. The summed E-state index contributed by atoms with van der Waals surface area (Å²) >= 11 is 24.9. The Balaban J connectivity index is 2.47. The lowest BCUT2D eigenvalue weighted by Crippen LogP contribution is -2.40. The largest absolute Gasteiger partial charge is 0.299 e. The monoisotopic (exact) mass is 334 g/mol. The Morgan fingerprint density at radius 2 is 1.68 bits per heavy atom. The van der Waals surface area contributed by atoms with Gasteiger partial charge in [-0.15, -0.1) is 0 Å². The van der Waals surface area contributed by atoms with E-state index in [0.717, 1.165) is 16.7 Å². The standard InChI is InChI=1S/C14H10Cl4O/c1-5-3-14(2)4-6(19)7(5)8-9(14)11(16)13(18)12(17)10(8)15/h3,7H,4H2,1-2H3. The number of carbonyl (C=O) groups excluding carboxylic acids is 1. The van der Waals surface area contributed by atoms with E-state index >= 15 is 0 Å². The van der Waals surface area contributed by atoms with Gasteiger partial charge in [0.25, 0.3) is 0 Å². The van der Waals surface area contributed by atoms with Crippen LogP contribution in [0.1, 0.15) is 37.3 Å². The van der Waals surface area contributed by atoms with Crippen molar-refractivity contribution in [3.63, 3.8) is 0 Å². The van der Waals surface area contributed by atoms with E-state index in [4.69, 9.17) is 46.4 Å². The second-order valence-electron chi connectivity index (χ2n) is 5.43. The number of allylic oxidation sites excluding steroid dienone is 2. The lowest BCUT2D eigenvalue weighted by atomic mass is 9.60. The van der Waals surface area contributed by atoms with Crippen LogP contribution in [-0.2, 0) is 10.2 Å². The maximum Gasteiger partial charge on any atom is 0.145 e. The minimum atomic E-state index is -0.444. The van der Waals surface area contributed by atoms with Crippen LogP contribution in [0, 0.1) is 0 Å². The first kappa shape index (κ1) is 13.8. The summed E-state index contributed by atoms with van der Waals surface area (Å²) in [5.41, 5.74) is 2.14. The normalized spacial score (nSPS) is 28.4. The third-order valence-corrected chi connectivity index (χ3v) is 5.84. The predicted molar refractivity (Wildman–Crippen MR) is 80.0 cm³/mol. The Kier molecular flexibility index (Phi) is 3.00. The summed E-state index contributed by atoms with van der Waals surface area (Å²) in [5, 5.41) is 1.25. The first-order valence-electron chi connectivity index (χ1n) is 5.86. The van der Waals surface area contributed by atoms with Gasteiger partial charge < -0.3 is 0 Å². The number of benzene rings is 1. The average Bonchev–Trinajstić information content (AvgIpc) is 2.31. The Bertz CT molecular complexity index is 662. The quantitative estimate of drug-likeness (QED) is 0.344. The highest BCUT2D eigenvalue weighted by Crippen LogP contribution is 2.57. The van der Waals surface area contributed by atoms with Gasteiger partial charge in [0, 0.05) is 11.8 Å². The Morgan fingerprint density at radius 3 is 2.26 bits per heavy atom. The molecular formula is C14H10Cl4O. The topological polar surface area (TPSA) is 17.1 Å². The number of Topliss-reactive ketones (excluding diaryl/α,β-unsaturated/α-hetero) is 1. The van der Waals surface area contributed by atoms with Crippen LogP contribution in [0.25, 0.3) is 0 Å². The number of carbonyl (C=O) groups is 1. The van der Waals surface area contributed by atoms with Crippen molar-refractivity contribution in [3.8, 4) is 0 Å². The third kappa shape index (κ3) is 1.65. The summed E-state index contributed by atoms with van der Waals surface area (Å²) in [6, 6.07) is 0. The van der Waals surface area contributed by atoms with Crippen LogP contribution in [0.2, 0.25) is 20.1 Å². The van der Waals surface area contributed by atoms with E-state index in [1.165, 1.54) is 0 Å². The van der Waals surface area contributed by atoms with Crippen molar-refractivity contribution in [1.29, 1.82) is 0 Å². The van der Waals surface area contributed by atoms with E-state index in [1.807, 2.05) is 13.8 Å². The molecule has 2 atom stereocenters. The SMILES string of the molecule is CC1=CC2(C)CC(=O)C1c1c(Cl)c(Cl)c(Cl)c(Cl)c12. The Hall–Kier alpha value is -0.210. The number of halogens is 4. The number of hydrogen-bond donors (Lipinski definition) is 0. The van der Waals surface area contributed by atoms with E-state index in [-0.39, 0.29) is 21.7 Å². The maximum absolute atomic E-state index is 12.3. The second-order valence-corrected chi connectivity index (χ2v) is 6.94. The molecule has 1 aromatic rings. The predicted octanol–water partition coefficient (Wildman–Crippen LogP) is 5.57. The molecule has 5 heteroatoms. The van der Waals surface area contributed by atoms with Crippen molar-refractivity contribution in [1.82, 2.24) is 0 Å². The molecule has 19 heavy (non-hydrogen) atoms. The summed E-state index contributed by atoms with van der Waals surface area (Å²) in [6.45, 7) is 3.92. The molecule has 100 valence electrons. The fourth-order valence-corrected chi connectivity index (χ4v) is 4.57. The van der Waals surface area contributed by atoms with E-state index in [0.29, 0.717) is 16.5 Å². The maximum atomic E-state index is 12.3. The number of fused-ring (bicyclic) bond motifs is 1. The van der Waals surface area contributed by atoms with Gasteiger partial charge in [-0.1, -0.05) is 65.0 Å². The van der Waals surface area contributed by atoms with Crippen molar-refractivity contribution in [2.24, 2.45) is 0 Å². The fourth-order valence-electron chi connectivity index (χ4n) is 3.38. The van der Waals surface area contributed by atoms with Crippen molar-refractivity contribution >= 4 is 52.2 Å². The minimum Gasteiger partial charge on any atom is -0.299 e. The van der Waals surface area contributed by atoms with E-state index in [9.17, 15) is 4.79 Å². The highest BCUT2D eigenvalue weighted by atomic mass is 35.5. The molecule has 0 saturated heterocycles. The molecule has 1 nitrogen and oxygen atoms in total. The molecule has 0 heterocycles. The number of rotatable bonds is 0. The highest BCUT2D eigenvalue weighted by molar-refractivity contribution is 6.52. The Labute approximate surface area is 131 Å². The molecule has 2 bridgehead atoms. The molecule has 0 spiro atoms. The van der Waals surface area contributed by atoms with Crippen LogP contribution in [-0.4, -0.2) is 5.78 Å². The molecule has 0 radical (unpaired) electrons. The summed E-state index contributed by atoms with van der Waals surface area (Å²) in [6.07, 6.45) is 2.52. The van der Waals surface area contributed by atoms with Gasteiger partial charge in [-0.2, -0.15) is 0 Å². The van der Waals surface area contributed by atoms with Crippen LogP contribution in [0.5, 0.6) is 0 Å². The van der Waals surface area contributed by atoms with E-state index in [2.05, 4.69) is 6.08 Å². The van der Waals surface area contributed by atoms with Crippen molar-refractivity contribution in [2.45, 2.75) is 31.6 Å². The van der Waals surface area contributed by atoms with Gasteiger partial charge in [-0.25, -0.2) is 0 Å². The van der Waals surface area contributed by atoms with Crippen molar-refractivity contribution in [3.05, 3.63) is 42.9 Å². The zero-order valence-electron chi connectivity index (χ0n) is 10.3. The van der Waals surface area contributed by atoms with Gasteiger partial charge in [0.05, 0.1) is 26.0 Å². The fraction of sp³-hybridized carbons (Fsp3) is 0.357. The van der Waals surface area contributed by atoms with Crippen LogP contribution in [0.3, 0.4) is 0 Å². The van der Waals surface area contributed by atoms with Gasteiger partial charge in [0.2, 0.25) is 0 Å². The van der Waals surface area contributed by atoms with Crippen LogP contribution >= 0.6 is 46.4 Å². The summed E-state index contributed by atoms with van der Waals surface area (Å²) in [4.78, 5) is 12.3. The molecule has 4 rings (SSSR count). The molecule has 0 aliphatic heterocycles. The first-order valence-corrected chi connectivity index (χ1v) is 7.37. The molecule has 0 aromatic heterocycles. The summed E-state index contributed by atoms with van der Waals surface area (Å²) in [7, 11) is 0. The first-order chi connectivity index (χ1) is 8.78. The van der Waals surface area contributed by atoms with Crippen molar-refractivity contribution < 1.29 is 4.79 Å². The van der Waals surface area contributed by atoms with Gasteiger partial charge in [-0.3, -0.25) is 4.79 Å². The molecule has 0 saturated carbocycles. The number of hydrogen-bond acceptors (Lipinski definition) is 1. The lowest BCUT2D eigenvalue weighted by Gasteiger charge is -2.44. The molecule has 3 aliphatic carbocycles. The zero-order valence-corrected chi connectivity index (χ0v) is 13.3. The molecule has 1 aromatic carbocycles. The van der Waals surface area contributed by atoms with E-state index in [1.54, 1.807) is 0 Å². The lowest BCUT2D eigenvalue weighted by molar-refractivity contribution is -0.121. The van der Waals surface area contributed by atoms with Crippen LogP contribution in [0.15, 0.2) is 11.6 Å².